The summed E-state index contributed by atoms with van der Waals surface area (Å²) in [7, 11) is 1.56. The molecule has 1 N–H and O–H groups in total. The highest BCUT2D eigenvalue weighted by Crippen LogP contribution is 2.27. The van der Waals surface area contributed by atoms with Gasteiger partial charge in [-0.3, -0.25) is 9.59 Å². The number of methoxy groups -OCH3 is 1. The molecule has 0 aromatic heterocycles. The van der Waals surface area contributed by atoms with E-state index in [9.17, 15) is 14.4 Å². The first-order chi connectivity index (χ1) is 16.3. The van der Waals surface area contributed by atoms with Crippen LogP contribution in [0.3, 0.4) is 0 Å². The van der Waals surface area contributed by atoms with Gasteiger partial charge in [-0.25, -0.2) is 4.79 Å². The van der Waals surface area contributed by atoms with Crippen LogP contribution >= 0.6 is 43.6 Å². The van der Waals surface area contributed by atoms with Gasteiger partial charge in [-0.2, -0.15) is 3.11 Å². The average molecular weight is 680 g/mol. The Kier molecular flexibility index (Phi) is 7.52. The van der Waals surface area contributed by atoms with Gasteiger partial charge in [0, 0.05) is 19.5 Å². The monoisotopic (exact) mass is 680 g/mol. The number of nitrogens with one attached hydrogen (secondary N) is 1. The molecule has 174 valence electrons. The Morgan fingerprint density at radius 2 is 2.09 bits per heavy atom. The Balaban J connectivity index is 1.63. The molecule has 1 saturated heterocycles. The van der Waals surface area contributed by atoms with Crippen LogP contribution in [0.2, 0.25) is 0 Å². The number of fused-ring (bicyclic) bond motifs is 1. The molecule has 0 aliphatic carbocycles. The normalized spacial score (nSPS) is 18.5. The SMILES string of the molecule is COc1ccc(CCCC2(C#Cc3cccc4c3=CC=CI=4)NC(=O)N(I)C2=O)c(C(C)=O)c1. The largest absolute Gasteiger partial charge is 0.497 e. The first kappa shape index (κ1) is 24.6. The molecule has 8 heteroatoms. The number of urea groups is 1. The first-order valence-corrected chi connectivity index (χ1v) is 13.9. The van der Waals surface area contributed by atoms with Gasteiger partial charge in [-0.1, -0.05) is 56.9 Å². The van der Waals surface area contributed by atoms with Crippen molar-refractivity contribution in [2.24, 2.45) is 0 Å². The maximum absolute atomic E-state index is 13.1. The minimum atomic E-state index is -1.30. The van der Waals surface area contributed by atoms with Crippen LogP contribution in [0.25, 0.3) is 6.08 Å². The zero-order valence-corrected chi connectivity index (χ0v) is 23.0. The van der Waals surface area contributed by atoms with E-state index in [1.165, 1.54) is 10.1 Å². The van der Waals surface area contributed by atoms with Crippen LogP contribution in [-0.4, -0.2) is 33.5 Å². The van der Waals surface area contributed by atoms with Gasteiger partial charge in [0.15, 0.2) is 11.3 Å². The molecule has 0 bridgehead atoms. The van der Waals surface area contributed by atoms with Crippen LogP contribution < -0.4 is 15.3 Å². The van der Waals surface area contributed by atoms with Crippen LogP contribution in [0.4, 0.5) is 4.79 Å². The third-order valence-electron chi connectivity index (χ3n) is 5.72. The minimum absolute atomic E-state index is 0.0472. The van der Waals surface area contributed by atoms with Gasteiger partial charge >= 0.3 is 6.03 Å². The second-order valence-corrected chi connectivity index (χ2v) is 11.4. The summed E-state index contributed by atoms with van der Waals surface area (Å²) in [5, 5.41) is 3.90. The van der Waals surface area contributed by atoms with Crippen LogP contribution in [0.1, 0.15) is 41.3 Å². The molecule has 1 atom stereocenters. The molecule has 1 unspecified atom stereocenters. The molecule has 1 fully saturated rings. The zero-order chi connectivity index (χ0) is 24.3. The van der Waals surface area contributed by atoms with E-state index in [2.05, 4.69) is 27.3 Å². The number of nitrogens with zero attached hydrogens (tertiary/aromatic N) is 1. The van der Waals surface area contributed by atoms with E-state index in [-0.39, 0.29) is 32.4 Å². The molecule has 6 nitrogen and oxygen atoms in total. The Labute approximate surface area is 221 Å². The second kappa shape index (κ2) is 10.4. The number of benzene rings is 2. The van der Waals surface area contributed by atoms with Crippen molar-refractivity contribution in [3.05, 3.63) is 71.6 Å². The fourth-order valence-corrected chi connectivity index (χ4v) is 6.51. The number of Topliss-reactive ketones (excluding diaryl/α,β-unsaturated/α-hetero) is 1. The second-order valence-electron chi connectivity index (χ2n) is 7.90. The lowest BCUT2D eigenvalue weighted by Gasteiger charge is -2.20. The fourth-order valence-electron chi connectivity index (χ4n) is 3.96. The number of allylic oxidation sites excluding steroid dienone is 1. The van der Waals surface area contributed by atoms with Gasteiger partial charge in [0.1, 0.15) is 5.75 Å². The molecule has 3 amide bonds. The Morgan fingerprint density at radius 1 is 1.26 bits per heavy atom. The lowest BCUT2D eigenvalue weighted by Crippen LogP contribution is -2.45. The summed E-state index contributed by atoms with van der Waals surface area (Å²) in [5.41, 5.74) is 1.02. The van der Waals surface area contributed by atoms with E-state index in [0.717, 1.165) is 19.5 Å². The van der Waals surface area contributed by atoms with Crippen molar-refractivity contribution in [3.63, 3.8) is 0 Å². The number of carbonyl (C=O) groups excluding carboxylic acids is 3. The number of rotatable bonds is 6. The maximum Gasteiger partial charge on any atom is 0.334 e. The number of hydrogen-bond acceptors (Lipinski definition) is 4. The standard InChI is InChI=1S/C26H22I2N2O4/c1-17(31)22-16-20(34-2)11-10-18(22)7-4-13-26(24(32)30(27)25(33)29-26)14-12-19-6-3-9-23-21(19)8-5-15-28-23/h3,5-6,8-11,15-16H,4,7,13H2,1-2H3,(H,29,33). The number of aryl methyl sites for hydroxylation is 1. The molecule has 2 aromatic rings. The highest BCUT2D eigenvalue weighted by atomic mass is 127. The first-order valence-electron chi connectivity index (χ1n) is 10.6. The number of carbonyl (C=O) groups is 3. The van der Waals surface area contributed by atoms with Crippen LogP contribution in [0, 0.1) is 15.0 Å². The molecular formula is C26H22I2N2O4. The average Bonchev–Trinajstić information content (AvgIpc) is 3.06. The summed E-state index contributed by atoms with van der Waals surface area (Å²) >= 11 is 1.53. The van der Waals surface area contributed by atoms with Crippen LogP contribution in [0.5, 0.6) is 5.75 Å². The molecular weight excluding hydrogens is 658 g/mol. The zero-order valence-electron chi connectivity index (χ0n) is 18.7. The van der Waals surface area contributed by atoms with Gasteiger partial charge in [0.05, 0.1) is 30.0 Å². The lowest BCUT2D eigenvalue weighted by molar-refractivity contribution is -0.125. The van der Waals surface area contributed by atoms with Crippen molar-refractivity contribution in [2.75, 3.05) is 7.11 Å². The van der Waals surface area contributed by atoms with Gasteiger partial charge in [-0.05, 0) is 60.1 Å². The Morgan fingerprint density at radius 3 is 2.79 bits per heavy atom. The van der Waals surface area contributed by atoms with Gasteiger partial charge < -0.3 is 10.1 Å². The van der Waals surface area contributed by atoms with Crippen molar-refractivity contribution in [3.8, 4) is 17.6 Å². The van der Waals surface area contributed by atoms with E-state index in [1.807, 2.05) is 36.4 Å². The number of halogens is 2. The molecule has 2 heterocycles. The number of ether oxygens (including phenoxy) is 1. The molecule has 0 radical (unpaired) electrons. The van der Waals surface area contributed by atoms with Gasteiger partial charge in [0.25, 0.3) is 5.91 Å². The molecule has 0 saturated carbocycles. The van der Waals surface area contributed by atoms with E-state index in [0.29, 0.717) is 30.6 Å². The molecule has 4 rings (SSSR count). The van der Waals surface area contributed by atoms with E-state index in [1.54, 1.807) is 36.0 Å². The predicted molar refractivity (Wildman–Crippen MR) is 147 cm³/mol. The molecule has 2 aliphatic rings. The number of ketones is 1. The molecule has 2 aliphatic heterocycles. The van der Waals surface area contributed by atoms with Crippen molar-refractivity contribution in [1.82, 2.24) is 8.43 Å². The summed E-state index contributed by atoms with van der Waals surface area (Å²) in [6.45, 7) is 1.52. The lowest BCUT2D eigenvalue weighted by atomic mass is 9.90. The highest BCUT2D eigenvalue weighted by Gasteiger charge is 2.49. The quantitative estimate of drug-likeness (QED) is 0.161. The topological polar surface area (TPSA) is 75.7 Å². The molecule has 0 spiro atoms. The van der Waals surface area contributed by atoms with Crippen LogP contribution in [0.15, 0.2) is 46.6 Å². The number of imide groups is 1. The third kappa shape index (κ3) is 4.95. The number of amides is 3. The van der Waals surface area contributed by atoms with Crippen molar-refractivity contribution in [1.29, 1.82) is 0 Å². The van der Waals surface area contributed by atoms with Crippen LogP contribution in [-0.2, 0) is 11.2 Å². The predicted octanol–water partition coefficient (Wildman–Crippen LogP) is 4.44. The van der Waals surface area contributed by atoms with Crippen molar-refractivity contribution < 1.29 is 19.1 Å². The summed E-state index contributed by atoms with van der Waals surface area (Å²) in [6.07, 6.45) is 5.55. The molecule has 34 heavy (non-hydrogen) atoms. The Hall–Kier alpha value is -2.52. The smallest absolute Gasteiger partial charge is 0.334 e. The maximum atomic E-state index is 13.1. The van der Waals surface area contributed by atoms with Crippen molar-refractivity contribution >= 4 is 67.4 Å². The van der Waals surface area contributed by atoms with Crippen molar-refractivity contribution in [2.45, 2.75) is 31.7 Å². The molecule has 2 aromatic carbocycles. The number of hydrogen-bond donors (Lipinski definition) is 1. The van der Waals surface area contributed by atoms with E-state index < -0.39 is 11.6 Å². The van der Waals surface area contributed by atoms with E-state index in [4.69, 9.17) is 4.74 Å². The van der Waals surface area contributed by atoms with Gasteiger partial charge in [0.2, 0.25) is 0 Å². The fraction of sp³-hybridized carbons (Fsp3) is 0.231. The highest BCUT2D eigenvalue weighted by molar-refractivity contribution is 14.2. The summed E-state index contributed by atoms with van der Waals surface area (Å²) in [5.74, 6) is 6.51. The third-order valence-corrected chi connectivity index (χ3v) is 8.98. The Bertz CT molecular complexity index is 1400. The van der Waals surface area contributed by atoms with Gasteiger partial charge in [-0.15, -0.1) is 0 Å². The summed E-state index contributed by atoms with van der Waals surface area (Å²) in [4.78, 5) is 37.6. The summed E-state index contributed by atoms with van der Waals surface area (Å²) in [6, 6.07) is 11.0. The summed E-state index contributed by atoms with van der Waals surface area (Å²) < 4.78 is 9.78. The minimum Gasteiger partial charge on any atom is -0.497 e. The van der Waals surface area contributed by atoms with E-state index >= 15 is 0 Å².